The summed E-state index contributed by atoms with van der Waals surface area (Å²) in [4.78, 5) is 21.9. The molecule has 0 bridgehead atoms. The Morgan fingerprint density at radius 3 is 2.59 bits per heavy atom. The highest BCUT2D eigenvalue weighted by Gasteiger charge is 2.07. The zero-order valence-corrected chi connectivity index (χ0v) is 9.77. The number of carboxylic acids is 1. The predicted octanol–water partition coefficient (Wildman–Crippen LogP) is 2.49. The Bertz CT molecular complexity index is 460. The summed E-state index contributed by atoms with van der Waals surface area (Å²) in [7, 11) is 0. The van der Waals surface area contributed by atoms with E-state index in [9.17, 15) is 9.59 Å². The summed E-state index contributed by atoms with van der Waals surface area (Å²) in [6.45, 7) is 3.18. The first kappa shape index (κ1) is 13.0. The molecule has 1 aromatic carbocycles. The van der Waals surface area contributed by atoms with E-state index in [1.54, 1.807) is 31.2 Å². The van der Waals surface area contributed by atoms with Crippen LogP contribution in [0.5, 0.6) is 5.75 Å². The number of rotatable bonds is 4. The third-order valence-corrected chi connectivity index (χ3v) is 2.14. The fraction of sp³-hybridized carbons (Fsp3) is 0.231. The van der Waals surface area contributed by atoms with Crippen LogP contribution in [0.15, 0.2) is 29.8 Å². The molecule has 0 spiro atoms. The minimum absolute atomic E-state index is 0.185. The van der Waals surface area contributed by atoms with Crippen LogP contribution >= 0.6 is 0 Å². The topological polar surface area (TPSA) is 63.6 Å². The summed E-state index contributed by atoms with van der Waals surface area (Å²) in [5.41, 5.74) is 0.763. The lowest BCUT2D eigenvalue weighted by Gasteiger charge is -2.06. The third-order valence-electron chi connectivity index (χ3n) is 2.14. The van der Waals surface area contributed by atoms with E-state index >= 15 is 0 Å². The molecule has 0 aliphatic rings. The van der Waals surface area contributed by atoms with Gasteiger partial charge in [-0.2, -0.15) is 0 Å². The van der Waals surface area contributed by atoms with Crippen molar-refractivity contribution in [1.29, 1.82) is 0 Å². The second-order valence-electron chi connectivity index (χ2n) is 3.50. The summed E-state index contributed by atoms with van der Waals surface area (Å²) in [5, 5.41) is 8.79. The van der Waals surface area contributed by atoms with Gasteiger partial charge in [0.05, 0.1) is 0 Å². The van der Waals surface area contributed by atoms with Gasteiger partial charge in [-0.1, -0.05) is 25.1 Å². The van der Waals surface area contributed by atoms with Crippen molar-refractivity contribution in [1.82, 2.24) is 0 Å². The zero-order valence-electron chi connectivity index (χ0n) is 9.77. The first-order valence-electron chi connectivity index (χ1n) is 5.26. The van der Waals surface area contributed by atoms with Crippen LogP contribution in [0.25, 0.3) is 6.08 Å². The normalized spacial score (nSPS) is 11.1. The summed E-state index contributed by atoms with van der Waals surface area (Å²) < 4.78 is 5.10. The number of benzene rings is 1. The molecule has 0 heterocycles. The minimum Gasteiger partial charge on any atom is -0.478 e. The van der Waals surface area contributed by atoms with E-state index in [1.807, 2.05) is 0 Å². The summed E-state index contributed by atoms with van der Waals surface area (Å²) >= 11 is 0. The maximum absolute atomic E-state index is 11.2. The first-order valence-corrected chi connectivity index (χ1v) is 5.26. The lowest BCUT2D eigenvalue weighted by Crippen LogP contribution is -2.06. The standard InChI is InChI=1S/C13H14O4/c1-3-12(14)17-11-7-5-4-6-10(11)8-9(2)13(15)16/h4-8H,3H2,1-2H3,(H,15,16)/b9-8+. The molecule has 0 amide bonds. The van der Waals surface area contributed by atoms with Crippen molar-refractivity contribution in [2.24, 2.45) is 0 Å². The van der Waals surface area contributed by atoms with Gasteiger partial charge >= 0.3 is 11.9 Å². The van der Waals surface area contributed by atoms with E-state index < -0.39 is 5.97 Å². The highest BCUT2D eigenvalue weighted by Crippen LogP contribution is 2.21. The van der Waals surface area contributed by atoms with Crippen molar-refractivity contribution in [2.75, 3.05) is 0 Å². The molecular weight excluding hydrogens is 220 g/mol. The average molecular weight is 234 g/mol. The lowest BCUT2D eigenvalue weighted by molar-refractivity contribution is -0.134. The van der Waals surface area contributed by atoms with Crippen LogP contribution in [0.2, 0.25) is 0 Å². The molecule has 0 radical (unpaired) electrons. The van der Waals surface area contributed by atoms with Crippen LogP contribution in [0.1, 0.15) is 25.8 Å². The van der Waals surface area contributed by atoms with Gasteiger partial charge in [-0.15, -0.1) is 0 Å². The van der Waals surface area contributed by atoms with Crippen LogP contribution in [0.4, 0.5) is 0 Å². The highest BCUT2D eigenvalue weighted by atomic mass is 16.5. The van der Waals surface area contributed by atoms with Gasteiger partial charge in [0.2, 0.25) is 0 Å². The number of para-hydroxylation sites is 1. The van der Waals surface area contributed by atoms with E-state index in [0.717, 1.165) is 0 Å². The van der Waals surface area contributed by atoms with Crippen LogP contribution in [-0.4, -0.2) is 17.0 Å². The van der Waals surface area contributed by atoms with Crippen molar-refractivity contribution in [3.63, 3.8) is 0 Å². The SMILES string of the molecule is CCC(=O)Oc1ccccc1/C=C(\C)C(=O)O. The van der Waals surface area contributed by atoms with Crippen molar-refractivity contribution >= 4 is 18.0 Å². The van der Waals surface area contributed by atoms with Crippen molar-refractivity contribution in [3.05, 3.63) is 35.4 Å². The smallest absolute Gasteiger partial charge is 0.331 e. The molecule has 90 valence electrons. The molecule has 1 aromatic rings. The number of aliphatic carboxylic acids is 1. The summed E-state index contributed by atoms with van der Waals surface area (Å²) in [5.74, 6) is -0.972. The molecular formula is C13H14O4. The zero-order chi connectivity index (χ0) is 12.8. The van der Waals surface area contributed by atoms with Gasteiger partial charge in [0.25, 0.3) is 0 Å². The molecule has 17 heavy (non-hydrogen) atoms. The van der Waals surface area contributed by atoms with E-state index in [2.05, 4.69) is 0 Å². The summed E-state index contributed by atoms with van der Waals surface area (Å²) in [6, 6.07) is 6.81. The molecule has 0 aliphatic carbocycles. The average Bonchev–Trinajstić information content (AvgIpc) is 2.31. The molecule has 1 rings (SSSR count). The monoisotopic (exact) mass is 234 g/mol. The Morgan fingerprint density at radius 2 is 2.00 bits per heavy atom. The molecule has 1 N–H and O–H groups in total. The fourth-order valence-electron chi connectivity index (χ4n) is 1.18. The lowest BCUT2D eigenvalue weighted by atomic mass is 10.1. The van der Waals surface area contributed by atoms with Gasteiger partial charge in [-0.25, -0.2) is 4.79 Å². The van der Waals surface area contributed by atoms with Gasteiger partial charge in [0.1, 0.15) is 5.75 Å². The Morgan fingerprint density at radius 1 is 1.35 bits per heavy atom. The maximum atomic E-state index is 11.2. The predicted molar refractivity (Wildman–Crippen MR) is 63.7 cm³/mol. The number of hydrogen-bond donors (Lipinski definition) is 1. The number of hydrogen-bond acceptors (Lipinski definition) is 3. The number of esters is 1. The van der Waals surface area contributed by atoms with Crippen LogP contribution < -0.4 is 4.74 Å². The number of carbonyl (C=O) groups is 2. The van der Waals surface area contributed by atoms with Gasteiger partial charge in [-0.3, -0.25) is 4.79 Å². The molecule has 0 fully saturated rings. The molecule has 0 saturated heterocycles. The van der Waals surface area contributed by atoms with E-state index in [1.165, 1.54) is 13.0 Å². The van der Waals surface area contributed by atoms with Crippen LogP contribution in [0, 0.1) is 0 Å². The number of ether oxygens (including phenoxy) is 1. The molecule has 4 heteroatoms. The largest absolute Gasteiger partial charge is 0.478 e. The quantitative estimate of drug-likeness (QED) is 0.494. The minimum atomic E-state index is -0.998. The van der Waals surface area contributed by atoms with Crippen LogP contribution in [-0.2, 0) is 9.59 Å². The summed E-state index contributed by atoms with van der Waals surface area (Å²) in [6.07, 6.45) is 1.75. The highest BCUT2D eigenvalue weighted by molar-refractivity contribution is 5.92. The van der Waals surface area contributed by atoms with E-state index in [0.29, 0.717) is 11.3 Å². The van der Waals surface area contributed by atoms with E-state index in [-0.39, 0.29) is 18.0 Å². The van der Waals surface area contributed by atoms with Gasteiger partial charge in [0, 0.05) is 17.6 Å². The number of carboxylic acid groups (broad SMARTS) is 1. The first-order chi connectivity index (χ1) is 8.04. The van der Waals surface area contributed by atoms with Crippen LogP contribution in [0.3, 0.4) is 0 Å². The van der Waals surface area contributed by atoms with Crippen molar-refractivity contribution < 1.29 is 19.4 Å². The van der Waals surface area contributed by atoms with Gasteiger partial charge in [0.15, 0.2) is 0 Å². The molecule has 0 saturated carbocycles. The molecule has 0 aromatic heterocycles. The fourth-order valence-corrected chi connectivity index (χ4v) is 1.18. The molecule has 0 aliphatic heterocycles. The second-order valence-corrected chi connectivity index (χ2v) is 3.50. The Balaban J connectivity index is 3.04. The van der Waals surface area contributed by atoms with Gasteiger partial charge < -0.3 is 9.84 Å². The Hall–Kier alpha value is -2.10. The Kier molecular flexibility index (Phi) is 4.46. The second kappa shape index (κ2) is 5.84. The third kappa shape index (κ3) is 3.75. The molecule has 4 nitrogen and oxygen atoms in total. The Labute approximate surface area is 99.5 Å². The molecule has 0 unspecified atom stereocenters. The number of carbonyl (C=O) groups excluding carboxylic acids is 1. The van der Waals surface area contributed by atoms with Crippen molar-refractivity contribution in [3.8, 4) is 5.75 Å². The molecule has 0 atom stereocenters. The van der Waals surface area contributed by atoms with Crippen molar-refractivity contribution in [2.45, 2.75) is 20.3 Å². The maximum Gasteiger partial charge on any atom is 0.331 e. The van der Waals surface area contributed by atoms with E-state index in [4.69, 9.17) is 9.84 Å². The van der Waals surface area contributed by atoms with Gasteiger partial charge in [-0.05, 0) is 19.1 Å².